The van der Waals surface area contributed by atoms with Gasteiger partial charge in [0.05, 0.1) is 0 Å². The van der Waals surface area contributed by atoms with Gasteiger partial charge >= 0.3 is 0 Å². The first kappa shape index (κ1) is 30.2. The van der Waals surface area contributed by atoms with Gasteiger partial charge in [-0.3, -0.25) is 0 Å². The van der Waals surface area contributed by atoms with Crippen molar-refractivity contribution < 1.29 is 0 Å². The number of hydrogen-bond acceptors (Lipinski definition) is 0. The summed E-state index contributed by atoms with van der Waals surface area (Å²) in [5.41, 5.74) is 0. The molecule has 0 aromatic rings. The molecule has 0 fully saturated rings. The van der Waals surface area contributed by atoms with E-state index in [1.165, 1.54) is 108 Å². The van der Waals surface area contributed by atoms with Crippen molar-refractivity contribution in [1.82, 2.24) is 0 Å². The van der Waals surface area contributed by atoms with Gasteiger partial charge in [0, 0.05) is 0 Å². The highest BCUT2D eigenvalue weighted by molar-refractivity contribution is 7.19. The Morgan fingerprint density at radius 2 is 0.630 bits per heavy atom. The molecule has 0 aliphatic carbocycles. The van der Waals surface area contributed by atoms with Crippen molar-refractivity contribution in [2.24, 2.45) is 0 Å². The third-order valence-electron chi connectivity index (χ3n) is 5.00. The molecule has 0 atom stereocenters. The maximum absolute atomic E-state index is 6.25. The van der Waals surface area contributed by atoms with Crippen LogP contribution in [0.1, 0.15) is 110 Å². The highest BCUT2D eigenvalue weighted by atomic mass is 35.6. The Morgan fingerprint density at radius 3 is 0.852 bits per heavy atom. The second-order valence-corrected chi connectivity index (χ2v) is 23.5. The lowest BCUT2D eigenvalue weighted by molar-refractivity contribution is 0.584. The molecule has 0 heterocycles. The van der Waals surface area contributed by atoms with E-state index in [-0.39, 0.29) is 0 Å². The van der Waals surface area contributed by atoms with Gasteiger partial charge in [-0.05, 0) is 12.1 Å². The minimum Gasteiger partial charge on any atom is -0.168 e. The summed E-state index contributed by atoms with van der Waals surface area (Å²) in [6.07, 6.45) is 21.0. The van der Waals surface area contributed by atoms with E-state index in [1.54, 1.807) is 0 Å². The van der Waals surface area contributed by atoms with Crippen molar-refractivity contribution in [2.45, 2.75) is 148 Å². The quantitative estimate of drug-likeness (QED) is 0.116. The van der Waals surface area contributed by atoms with E-state index in [0.717, 1.165) is 0 Å². The number of hydrogen-bond donors (Lipinski definition) is 0. The molecule has 0 bridgehead atoms. The fourth-order valence-electron chi connectivity index (χ4n) is 3.18. The second-order valence-electron chi connectivity index (χ2n) is 9.53. The van der Waals surface area contributed by atoms with Crippen LogP contribution in [0.4, 0.5) is 0 Å². The molecule has 0 amide bonds. The fourth-order valence-corrected chi connectivity index (χ4v) is 6.16. The van der Waals surface area contributed by atoms with Gasteiger partial charge in [-0.25, -0.2) is 0 Å². The van der Waals surface area contributed by atoms with E-state index >= 15 is 0 Å². The molecule has 27 heavy (non-hydrogen) atoms. The van der Waals surface area contributed by atoms with Crippen LogP contribution in [-0.4, -0.2) is 14.8 Å². The first-order valence-corrected chi connectivity index (χ1v) is 20.4. The molecule has 0 aliphatic rings. The minimum absolute atomic E-state index is 1.26. The summed E-state index contributed by atoms with van der Waals surface area (Å²) < 4.78 is 0. The topological polar surface area (TPSA) is 0 Å². The van der Waals surface area contributed by atoms with Gasteiger partial charge in [0.2, 0.25) is 0 Å². The molecule has 0 aromatic carbocycles. The van der Waals surface area contributed by atoms with Crippen molar-refractivity contribution >= 4 is 36.9 Å². The zero-order valence-electron chi connectivity index (χ0n) is 19.8. The van der Waals surface area contributed by atoms with Gasteiger partial charge in [0.25, 0.3) is 0 Å². The predicted octanol–water partition coefficient (Wildman–Crippen LogP) is 10.8. The van der Waals surface area contributed by atoms with Crippen LogP contribution in [0.2, 0.25) is 38.3 Å². The van der Waals surface area contributed by atoms with Crippen LogP contribution in [-0.2, 0) is 0 Å². The van der Waals surface area contributed by atoms with Crippen LogP contribution in [0.3, 0.4) is 0 Å². The molecule has 0 spiro atoms. The molecule has 0 radical (unpaired) electrons. The molecular weight excluding hydrogens is 403 g/mol. The molecule has 0 unspecified atom stereocenters. The normalized spacial score (nSPS) is 12.0. The van der Waals surface area contributed by atoms with Crippen LogP contribution in [0.5, 0.6) is 0 Å². The summed E-state index contributed by atoms with van der Waals surface area (Å²) in [7, 11) is -2.53. The first-order chi connectivity index (χ1) is 12.6. The largest absolute Gasteiger partial charge is 0.168 e. The van der Waals surface area contributed by atoms with Crippen LogP contribution in [0.25, 0.3) is 0 Å². The van der Waals surface area contributed by atoms with Crippen LogP contribution < -0.4 is 0 Å². The fraction of sp³-hybridized carbons (Fsp3) is 1.00. The van der Waals surface area contributed by atoms with Crippen molar-refractivity contribution in [1.29, 1.82) is 0 Å². The lowest BCUT2D eigenvalue weighted by Gasteiger charge is -2.11. The van der Waals surface area contributed by atoms with E-state index < -0.39 is 14.8 Å². The molecule has 0 aliphatic heterocycles. The number of unbranched alkanes of at least 4 members (excludes halogenated alkanes) is 13. The predicted molar refractivity (Wildman–Crippen MR) is 137 cm³/mol. The first-order valence-electron chi connectivity index (χ1n) is 12.0. The third-order valence-corrected chi connectivity index (χ3v) is 9.22. The zero-order chi connectivity index (χ0) is 21.0. The van der Waals surface area contributed by atoms with Crippen molar-refractivity contribution in [3.63, 3.8) is 0 Å². The van der Waals surface area contributed by atoms with E-state index in [2.05, 4.69) is 40.0 Å². The SMILES string of the molecule is CCCCCCCCCC[Si](C)(C)Cl.CCCCCCCCC[Si](C)(C)Cl. The van der Waals surface area contributed by atoms with E-state index in [4.69, 9.17) is 22.2 Å². The number of rotatable bonds is 17. The van der Waals surface area contributed by atoms with Gasteiger partial charge in [0.1, 0.15) is 14.8 Å². The monoisotopic (exact) mass is 454 g/mol. The Bertz CT molecular complexity index is 283. The second kappa shape index (κ2) is 20.3. The zero-order valence-corrected chi connectivity index (χ0v) is 23.3. The molecule has 0 saturated heterocycles. The summed E-state index contributed by atoms with van der Waals surface area (Å²) >= 11 is 12.5. The molecule has 0 saturated carbocycles. The lowest BCUT2D eigenvalue weighted by atomic mass is 10.1. The molecule has 0 rings (SSSR count). The van der Waals surface area contributed by atoms with Crippen molar-refractivity contribution in [3.8, 4) is 0 Å². The molecule has 0 nitrogen and oxygen atoms in total. The summed E-state index contributed by atoms with van der Waals surface area (Å²) in [6.45, 7) is 13.5. The van der Waals surface area contributed by atoms with Gasteiger partial charge in [-0.2, -0.15) is 22.2 Å². The Labute approximate surface area is 185 Å². The lowest BCUT2D eigenvalue weighted by Crippen LogP contribution is -2.14. The Balaban J connectivity index is 0. The average molecular weight is 456 g/mol. The van der Waals surface area contributed by atoms with Crippen molar-refractivity contribution in [2.75, 3.05) is 0 Å². The van der Waals surface area contributed by atoms with Gasteiger partial charge in [0.15, 0.2) is 0 Å². The summed E-state index contributed by atoms with van der Waals surface area (Å²) in [5.74, 6) is 0. The smallest absolute Gasteiger partial charge is 0.150 e. The summed E-state index contributed by atoms with van der Waals surface area (Å²) in [6, 6.07) is 2.59. The molecule has 4 heteroatoms. The van der Waals surface area contributed by atoms with Crippen molar-refractivity contribution in [3.05, 3.63) is 0 Å². The highest BCUT2D eigenvalue weighted by Gasteiger charge is 2.15. The van der Waals surface area contributed by atoms with Crippen LogP contribution in [0.15, 0.2) is 0 Å². The summed E-state index contributed by atoms with van der Waals surface area (Å²) in [5, 5.41) is 0. The van der Waals surface area contributed by atoms with Gasteiger partial charge in [-0.1, -0.05) is 136 Å². The van der Waals surface area contributed by atoms with Gasteiger partial charge in [-0.15, -0.1) is 0 Å². The standard InChI is InChI=1S/C12H27ClSi.C11H25ClSi/c1-4-5-6-7-8-9-10-11-12-14(2,3)13;1-4-5-6-7-8-9-10-11-13(2,3)12/h4-12H2,1-3H3;4-11H2,1-3H3. The van der Waals surface area contributed by atoms with E-state index in [1.807, 2.05) is 0 Å². The highest BCUT2D eigenvalue weighted by Crippen LogP contribution is 2.20. The van der Waals surface area contributed by atoms with Crippen LogP contribution >= 0.6 is 22.2 Å². The van der Waals surface area contributed by atoms with E-state index in [0.29, 0.717) is 0 Å². The Morgan fingerprint density at radius 1 is 0.407 bits per heavy atom. The summed E-state index contributed by atoms with van der Waals surface area (Å²) in [4.78, 5) is 0. The Hall–Kier alpha value is 1.01. The number of halogens is 2. The van der Waals surface area contributed by atoms with Crippen LogP contribution in [0, 0.1) is 0 Å². The maximum Gasteiger partial charge on any atom is 0.150 e. The van der Waals surface area contributed by atoms with Gasteiger partial charge < -0.3 is 0 Å². The minimum atomic E-state index is -1.27. The molecule has 0 aromatic heterocycles. The third kappa shape index (κ3) is 34.9. The van der Waals surface area contributed by atoms with E-state index in [9.17, 15) is 0 Å². The maximum atomic E-state index is 6.25. The Kier molecular flexibility index (Phi) is 22.7. The molecule has 0 N–H and O–H groups in total. The average Bonchev–Trinajstić information content (AvgIpc) is 2.55. The molecular formula is C23H52Cl2Si2. The molecule has 166 valence electrons.